The molecular formula is C16H17NO2. The Morgan fingerprint density at radius 1 is 1.11 bits per heavy atom. The molecule has 0 amide bonds. The number of para-hydroxylation sites is 1. The summed E-state index contributed by atoms with van der Waals surface area (Å²) in [4.78, 5) is 0. The van der Waals surface area contributed by atoms with Crippen LogP contribution in [0, 0.1) is 0 Å². The van der Waals surface area contributed by atoms with Crippen molar-refractivity contribution < 1.29 is 9.47 Å². The number of benzene rings is 2. The first-order chi connectivity index (χ1) is 9.34. The average molecular weight is 255 g/mol. The normalized spacial score (nSPS) is 17.4. The van der Waals surface area contributed by atoms with Crippen LogP contribution in [0.2, 0.25) is 0 Å². The minimum atomic E-state index is 0.0454. The Labute approximate surface area is 113 Å². The SMILES string of the molecule is NC1CCOc2c(OCc3ccccc3)cccc21. The number of hydrogen-bond acceptors (Lipinski definition) is 3. The van der Waals surface area contributed by atoms with Crippen LogP contribution in [-0.4, -0.2) is 6.61 Å². The largest absolute Gasteiger partial charge is 0.489 e. The van der Waals surface area contributed by atoms with E-state index in [1.54, 1.807) is 0 Å². The molecule has 0 spiro atoms. The molecule has 0 radical (unpaired) electrons. The molecule has 3 rings (SSSR count). The predicted octanol–water partition coefficient (Wildman–Crippen LogP) is 3.05. The second-order valence-electron chi connectivity index (χ2n) is 4.69. The Balaban J connectivity index is 1.80. The van der Waals surface area contributed by atoms with Crippen LogP contribution < -0.4 is 15.2 Å². The van der Waals surface area contributed by atoms with Crippen molar-refractivity contribution in [3.8, 4) is 11.5 Å². The van der Waals surface area contributed by atoms with Gasteiger partial charge in [-0.2, -0.15) is 0 Å². The molecular weight excluding hydrogens is 238 g/mol. The quantitative estimate of drug-likeness (QED) is 0.916. The fourth-order valence-corrected chi connectivity index (χ4v) is 2.27. The molecule has 0 fully saturated rings. The van der Waals surface area contributed by atoms with Crippen LogP contribution in [0.5, 0.6) is 11.5 Å². The summed E-state index contributed by atoms with van der Waals surface area (Å²) < 4.78 is 11.6. The molecule has 98 valence electrons. The smallest absolute Gasteiger partial charge is 0.165 e. The van der Waals surface area contributed by atoms with Crippen molar-refractivity contribution in [3.05, 3.63) is 59.7 Å². The number of fused-ring (bicyclic) bond motifs is 1. The number of nitrogens with two attached hydrogens (primary N) is 1. The summed E-state index contributed by atoms with van der Waals surface area (Å²) in [7, 11) is 0. The summed E-state index contributed by atoms with van der Waals surface area (Å²) in [5.74, 6) is 1.58. The van der Waals surface area contributed by atoms with Gasteiger partial charge in [-0.05, 0) is 11.6 Å². The van der Waals surface area contributed by atoms with E-state index in [1.165, 1.54) is 0 Å². The predicted molar refractivity (Wildman–Crippen MR) is 74.3 cm³/mol. The van der Waals surface area contributed by atoms with Crippen LogP contribution in [-0.2, 0) is 6.61 Å². The van der Waals surface area contributed by atoms with Gasteiger partial charge in [0.15, 0.2) is 11.5 Å². The molecule has 1 heterocycles. The molecule has 1 unspecified atom stereocenters. The average Bonchev–Trinajstić information content (AvgIpc) is 2.47. The maximum absolute atomic E-state index is 6.09. The van der Waals surface area contributed by atoms with E-state index in [9.17, 15) is 0 Å². The molecule has 0 aromatic heterocycles. The lowest BCUT2D eigenvalue weighted by Crippen LogP contribution is -2.21. The first-order valence-electron chi connectivity index (χ1n) is 6.52. The van der Waals surface area contributed by atoms with E-state index in [0.717, 1.165) is 29.0 Å². The van der Waals surface area contributed by atoms with Crippen LogP contribution in [0.25, 0.3) is 0 Å². The van der Waals surface area contributed by atoms with Crippen molar-refractivity contribution >= 4 is 0 Å². The highest BCUT2D eigenvalue weighted by atomic mass is 16.5. The van der Waals surface area contributed by atoms with E-state index in [0.29, 0.717) is 13.2 Å². The van der Waals surface area contributed by atoms with Gasteiger partial charge in [-0.15, -0.1) is 0 Å². The first-order valence-corrected chi connectivity index (χ1v) is 6.52. The van der Waals surface area contributed by atoms with Gasteiger partial charge in [0.05, 0.1) is 6.61 Å². The van der Waals surface area contributed by atoms with Crippen LogP contribution >= 0.6 is 0 Å². The Morgan fingerprint density at radius 3 is 2.79 bits per heavy atom. The molecule has 1 aliphatic rings. The van der Waals surface area contributed by atoms with E-state index in [1.807, 2.05) is 48.5 Å². The zero-order chi connectivity index (χ0) is 13.1. The van der Waals surface area contributed by atoms with Crippen LogP contribution in [0.15, 0.2) is 48.5 Å². The van der Waals surface area contributed by atoms with Gasteiger partial charge in [0.1, 0.15) is 6.61 Å². The van der Waals surface area contributed by atoms with Gasteiger partial charge in [0.2, 0.25) is 0 Å². The third-order valence-corrected chi connectivity index (χ3v) is 3.32. The standard InChI is InChI=1S/C16H17NO2/c17-14-9-10-18-16-13(14)7-4-8-15(16)19-11-12-5-2-1-3-6-12/h1-8,14H,9-11,17H2. The van der Waals surface area contributed by atoms with E-state index in [2.05, 4.69) is 0 Å². The zero-order valence-electron chi connectivity index (χ0n) is 10.7. The van der Waals surface area contributed by atoms with Gasteiger partial charge in [0.25, 0.3) is 0 Å². The lowest BCUT2D eigenvalue weighted by molar-refractivity contribution is 0.235. The van der Waals surface area contributed by atoms with Gasteiger partial charge in [0, 0.05) is 18.0 Å². The Hall–Kier alpha value is -2.00. The third kappa shape index (κ3) is 2.56. The monoisotopic (exact) mass is 255 g/mol. The minimum Gasteiger partial charge on any atom is -0.489 e. The van der Waals surface area contributed by atoms with Crippen LogP contribution in [0.4, 0.5) is 0 Å². The Bertz CT molecular complexity index is 554. The van der Waals surface area contributed by atoms with E-state index >= 15 is 0 Å². The van der Waals surface area contributed by atoms with E-state index in [-0.39, 0.29) is 6.04 Å². The fraction of sp³-hybridized carbons (Fsp3) is 0.250. The molecule has 0 saturated carbocycles. The molecule has 3 heteroatoms. The number of rotatable bonds is 3. The molecule has 1 aliphatic heterocycles. The molecule has 2 aromatic rings. The second kappa shape index (κ2) is 5.33. The first kappa shape index (κ1) is 12.1. The van der Waals surface area contributed by atoms with Gasteiger partial charge in [-0.25, -0.2) is 0 Å². The molecule has 19 heavy (non-hydrogen) atoms. The highest BCUT2D eigenvalue weighted by Crippen LogP contribution is 2.38. The van der Waals surface area contributed by atoms with Crippen molar-refractivity contribution in [1.82, 2.24) is 0 Å². The van der Waals surface area contributed by atoms with Crippen LogP contribution in [0.1, 0.15) is 23.6 Å². The molecule has 0 aliphatic carbocycles. The maximum atomic E-state index is 6.09. The van der Waals surface area contributed by atoms with Gasteiger partial charge >= 0.3 is 0 Å². The van der Waals surface area contributed by atoms with Gasteiger partial charge in [-0.1, -0.05) is 42.5 Å². The molecule has 2 aromatic carbocycles. The fourth-order valence-electron chi connectivity index (χ4n) is 2.27. The summed E-state index contributed by atoms with van der Waals surface area (Å²) in [5.41, 5.74) is 8.26. The summed E-state index contributed by atoms with van der Waals surface area (Å²) in [5, 5.41) is 0. The summed E-state index contributed by atoms with van der Waals surface area (Å²) >= 11 is 0. The Morgan fingerprint density at radius 2 is 1.95 bits per heavy atom. The highest BCUT2D eigenvalue weighted by molar-refractivity contribution is 5.49. The summed E-state index contributed by atoms with van der Waals surface area (Å²) in [6.45, 7) is 1.19. The molecule has 0 bridgehead atoms. The Kier molecular flexibility index (Phi) is 3.38. The van der Waals surface area contributed by atoms with E-state index in [4.69, 9.17) is 15.2 Å². The third-order valence-electron chi connectivity index (χ3n) is 3.32. The molecule has 0 saturated heterocycles. The minimum absolute atomic E-state index is 0.0454. The van der Waals surface area contributed by atoms with Crippen LogP contribution in [0.3, 0.4) is 0 Å². The second-order valence-corrected chi connectivity index (χ2v) is 4.69. The lowest BCUT2D eigenvalue weighted by atomic mass is 10.0. The lowest BCUT2D eigenvalue weighted by Gasteiger charge is -2.24. The summed E-state index contributed by atoms with van der Waals surface area (Å²) in [6.07, 6.45) is 0.856. The van der Waals surface area contributed by atoms with E-state index < -0.39 is 0 Å². The van der Waals surface area contributed by atoms with Crippen molar-refractivity contribution in [2.75, 3.05) is 6.61 Å². The maximum Gasteiger partial charge on any atom is 0.165 e. The number of hydrogen-bond donors (Lipinski definition) is 1. The van der Waals surface area contributed by atoms with Gasteiger partial charge in [-0.3, -0.25) is 0 Å². The highest BCUT2D eigenvalue weighted by Gasteiger charge is 2.21. The van der Waals surface area contributed by atoms with Crippen molar-refractivity contribution in [3.63, 3.8) is 0 Å². The molecule has 1 atom stereocenters. The topological polar surface area (TPSA) is 44.5 Å². The van der Waals surface area contributed by atoms with Crippen molar-refractivity contribution in [1.29, 1.82) is 0 Å². The van der Waals surface area contributed by atoms with Crippen molar-refractivity contribution in [2.45, 2.75) is 19.1 Å². The molecule has 2 N–H and O–H groups in total. The molecule has 3 nitrogen and oxygen atoms in total. The van der Waals surface area contributed by atoms with Crippen molar-refractivity contribution in [2.24, 2.45) is 5.73 Å². The summed E-state index contributed by atoms with van der Waals surface area (Å²) in [6, 6.07) is 16.0. The van der Waals surface area contributed by atoms with Gasteiger partial charge < -0.3 is 15.2 Å². The number of ether oxygens (including phenoxy) is 2. The zero-order valence-corrected chi connectivity index (χ0v) is 10.7.